The van der Waals surface area contributed by atoms with Gasteiger partial charge in [-0.25, -0.2) is 0 Å². The maximum atomic E-state index is 5.71. The normalized spacial score (nSPS) is 21.6. The predicted octanol–water partition coefficient (Wildman–Crippen LogP) is 1.96. The second-order valence-corrected chi connectivity index (χ2v) is 3.70. The van der Waals surface area contributed by atoms with Crippen molar-refractivity contribution in [1.82, 2.24) is 0 Å². The van der Waals surface area contributed by atoms with Crippen LogP contribution < -0.4 is 0 Å². The molecular formula is C9H20B2O3. The van der Waals surface area contributed by atoms with Gasteiger partial charge in [-0.15, -0.1) is 0 Å². The lowest BCUT2D eigenvalue weighted by atomic mass is 9.62. The lowest BCUT2D eigenvalue weighted by Crippen LogP contribution is -2.26. The van der Waals surface area contributed by atoms with Crippen molar-refractivity contribution >= 4 is 14.0 Å². The molecule has 5 heteroatoms. The lowest BCUT2D eigenvalue weighted by molar-refractivity contribution is 0.146. The van der Waals surface area contributed by atoms with Gasteiger partial charge in [-0.1, -0.05) is 33.4 Å². The fourth-order valence-electron chi connectivity index (χ4n) is 1.58. The molecule has 1 heterocycles. The first-order valence-electron chi connectivity index (χ1n) is 5.68. The molecule has 0 aromatic heterocycles. The molecule has 0 aliphatic carbocycles. The molecule has 0 N–H and O–H groups in total. The molecule has 0 amide bonds. The first-order chi connectivity index (χ1) is 6.80. The Balaban J connectivity index is 2.13. The average Bonchev–Trinajstić information content (AvgIpc) is 2.67. The molecule has 0 radical (unpaired) electrons. The topological polar surface area (TPSA) is 27.7 Å². The Morgan fingerprint density at radius 2 is 2.07 bits per heavy atom. The van der Waals surface area contributed by atoms with Gasteiger partial charge >= 0.3 is 7.12 Å². The Morgan fingerprint density at radius 1 is 1.36 bits per heavy atom. The highest BCUT2D eigenvalue weighted by Gasteiger charge is 2.29. The maximum absolute atomic E-state index is 5.71. The van der Waals surface area contributed by atoms with E-state index in [1.54, 1.807) is 0 Å². The minimum Gasteiger partial charge on any atom is -0.433 e. The molecule has 1 saturated heterocycles. The van der Waals surface area contributed by atoms with Crippen LogP contribution in [0.4, 0.5) is 0 Å². The SMILES string of the molecule is CCB(CC)OCC1COB(CC)O1. The van der Waals surface area contributed by atoms with E-state index in [0.717, 1.165) is 19.0 Å². The van der Waals surface area contributed by atoms with Crippen LogP contribution in [0.1, 0.15) is 20.8 Å². The monoisotopic (exact) mass is 198 g/mol. The molecule has 1 aliphatic heterocycles. The number of hydrogen-bond donors (Lipinski definition) is 0. The summed E-state index contributed by atoms with van der Waals surface area (Å²) >= 11 is 0. The highest BCUT2D eigenvalue weighted by Crippen LogP contribution is 2.12. The molecule has 0 aromatic carbocycles. The lowest BCUT2D eigenvalue weighted by Gasteiger charge is -2.14. The molecule has 1 aliphatic rings. The van der Waals surface area contributed by atoms with Crippen molar-refractivity contribution in [3.05, 3.63) is 0 Å². The van der Waals surface area contributed by atoms with Gasteiger partial charge in [0.2, 0.25) is 0 Å². The molecule has 0 aromatic rings. The molecule has 1 rings (SSSR count). The molecule has 1 fully saturated rings. The van der Waals surface area contributed by atoms with E-state index in [1.165, 1.54) is 0 Å². The van der Waals surface area contributed by atoms with Gasteiger partial charge in [0.15, 0.2) is 0 Å². The second-order valence-electron chi connectivity index (χ2n) is 3.70. The summed E-state index contributed by atoms with van der Waals surface area (Å²) in [5.74, 6) is 0. The summed E-state index contributed by atoms with van der Waals surface area (Å²) in [6.45, 7) is 8.08. The molecule has 14 heavy (non-hydrogen) atoms. The van der Waals surface area contributed by atoms with Crippen molar-refractivity contribution < 1.29 is 14.0 Å². The van der Waals surface area contributed by atoms with Gasteiger partial charge in [0.1, 0.15) is 0 Å². The van der Waals surface area contributed by atoms with E-state index >= 15 is 0 Å². The van der Waals surface area contributed by atoms with E-state index in [1.807, 2.05) is 0 Å². The van der Waals surface area contributed by atoms with Crippen LogP contribution in [0.2, 0.25) is 19.0 Å². The van der Waals surface area contributed by atoms with Crippen LogP contribution in [0.5, 0.6) is 0 Å². The molecular weight excluding hydrogens is 178 g/mol. The summed E-state index contributed by atoms with van der Waals surface area (Å²) < 4.78 is 16.7. The Morgan fingerprint density at radius 3 is 2.57 bits per heavy atom. The predicted molar refractivity (Wildman–Crippen MR) is 59.7 cm³/mol. The summed E-state index contributed by atoms with van der Waals surface area (Å²) in [6.07, 6.45) is 3.20. The van der Waals surface area contributed by atoms with Gasteiger partial charge in [-0.2, -0.15) is 0 Å². The molecule has 1 atom stereocenters. The van der Waals surface area contributed by atoms with E-state index in [4.69, 9.17) is 14.0 Å². The summed E-state index contributed by atoms with van der Waals surface area (Å²) in [5, 5.41) is 0. The van der Waals surface area contributed by atoms with Crippen molar-refractivity contribution in [2.75, 3.05) is 13.2 Å². The summed E-state index contributed by atoms with van der Waals surface area (Å²) in [7, 11) is -0.00898. The molecule has 1 unspecified atom stereocenters. The van der Waals surface area contributed by atoms with Crippen LogP contribution in [-0.4, -0.2) is 33.4 Å². The second kappa shape index (κ2) is 6.49. The van der Waals surface area contributed by atoms with Crippen LogP contribution in [0.15, 0.2) is 0 Å². The van der Waals surface area contributed by atoms with Gasteiger partial charge in [0.25, 0.3) is 6.92 Å². The van der Waals surface area contributed by atoms with Gasteiger partial charge < -0.3 is 14.0 Å². The fourth-order valence-corrected chi connectivity index (χ4v) is 1.58. The smallest absolute Gasteiger partial charge is 0.433 e. The van der Waals surface area contributed by atoms with Crippen LogP contribution in [0.25, 0.3) is 0 Å². The summed E-state index contributed by atoms with van der Waals surface area (Å²) in [5.41, 5.74) is 0. The first kappa shape index (κ1) is 12.1. The highest BCUT2D eigenvalue weighted by atomic mass is 16.7. The summed E-state index contributed by atoms with van der Waals surface area (Å²) in [4.78, 5) is 0. The number of rotatable bonds is 6. The van der Waals surface area contributed by atoms with Crippen LogP contribution in [0, 0.1) is 0 Å². The Bertz CT molecular complexity index is 153. The third-order valence-electron chi connectivity index (χ3n) is 2.57. The summed E-state index contributed by atoms with van der Waals surface area (Å²) in [6, 6.07) is 0. The standard InChI is InChI=1S/C9H20B2O3/c1-4-10(5-2)12-7-9-8-13-11(6-3)14-9/h9H,4-8H2,1-3H3. The molecule has 0 spiro atoms. The molecule has 0 bridgehead atoms. The van der Waals surface area contributed by atoms with Crippen molar-refractivity contribution in [3.63, 3.8) is 0 Å². The Labute approximate surface area is 87.7 Å². The molecule has 80 valence electrons. The highest BCUT2D eigenvalue weighted by molar-refractivity contribution is 6.51. The molecule has 3 nitrogen and oxygen atoms in total. The van der Waals surface area contributed by atoms with Gasteiger partial charge in [-0.05, 0) is 6.32 Å². The minimum atomic E-state index is -0.00898. The third-order valence-corrected chi connectivity index (χ3v) is 2.57. The Kier molecular flexibility index (Phi) is 5.60. The van der Waals surface area contributed by atoms with Gasteiger partial charge in [0.05, 0.1) is 19.3 Å². The van der Waals surface area contributed by atoms with Crippen molar-refractivity contribution in [2.24, 2.45) is 0 Å². The van der Waals surface area contributed by atoms with E-state index in [9.17, 15) is 0 Å². The number of hydrogen-bond acceptors (Lipinski definition) is 3. The van der Waals surface area contributed by atoms with Crippen molar-refractivity contribution in [1.29, 1.82) is 0 Å². The largest absolute Gasteiger partial charge is 0.457 e. The Hall–Kier alpha value is 0.00987. The quantitative estimate of drug-likeness (QED) is 0.610. The zero-order valence-electron chi connectivity index (χ0n) is 9.49. The van der Waals surface area contributed by atoms with Crippen LogP contribution >= 0.6 is 0 Å². The van der Waals surface area contributed by atoms with E-state index in [0.29, 0.717) is 20.1 Å². The third kappa shape index (κ3) is 3.64. The van der Waals surface area contributed by atoms with Gasteiger partial charge in [-0.3, -0.25) is 0 Å². The maximum Gasteiger partial charge on any atom is 0.457 e. The van der Waals surface area contributed by atoms with Gasteiger partial charge in [0, 0.05) is 0 Å². The van der Waals surface area contributed by atoms with Crippen LogP contribution in [0.3, 0.4) is 0 Å². The van der Waals surface area contributed by atoms with E-state index in [-0.39, 0.29) is 13.2 Å². The van der Waals surface area contributed by atoms with Crippen molar-refractivity contribution in [3.8, 4) is 0 Å². The average molecular weight is 198 g/mol. The van der Waals surface area contributed by atoms with Crippen LogP contribution in [-0.2, 0) is 14.0 Å². The van der Waals surface area contributed by atoms with Crippen molar-refractivity contribution in [2.45, 2.75) is 45.8 Å². The molecule has 0 saturated carbocycles. The zero-order chi connectivity index (χ0) is 10.4. The minimum absolute atomic E-state index is 0.00898. The first-order valence-corrected chi connectivity index (χ1v) is 5.68. The zero-order valence-corrected chi connectivity index (χ0v) is 9.49. The fraction of sp³-hybridized carbons (Fsp3) is 1.00. The van der Waals surface area contributed by atoms with E-state index < -0.39 is 0 Å². The van der Waals surface area contributed by atoms with E-state index in [2.05, 4.69) is 20.8 Å².